The van der Waals surface area contributed by atoms with Crippen LogP contribution >= 0.6 is 12.6 Å². The van der Waals surface area contributed by atoms with Crippen LogP contribution in [0.25, 0.3) is 11.1 Å². The van der Waals surface area contributed by atoms with Crippen molar-refractivity contribution in [3.05, 3.63) is 102 Å². The first kappa shape index (κ1) is 42.8. The van der Waals surface area contributed by atoms with Gasteiger partial charge < -0.3 is 44.8 Å². The molecule has 2 aliphatic heterocycles. The average molecular weight is 871 g/mol. The minimum absolute atomic E-state index is 0.0245. The minimum atomic E-state index is -4.67. The smallest absolute Gasteiger partial charge is 0.291 e. The van der Waals surface area contributed by atoms with Gasteiger partial charge >= 0.3 is 0 Å². The van der Waals surface area contributed by atoms with Crippen LogP contribution < -0.4 is 35.6 Å². The van der Waals surface area contributed by atoms with Crippen molar-refractivity contribution < 1.29 is 41.6 Å². The molecule has 3 aromatic carbocycles. The molecule has 0 fully saturated rings. The maximum atomic E-state index is 13.9. The Morgan fingerprint density at radius 2 is 1.70 bits per heavy atom. The van der Waals surface area contributed by atoms with Gasteiger partial charge in [-0.15, -0.1) is 0 Å². The highest BCUT2D eigenvalue weighted by Gasteiger charge is 2.47. The van der Waals surface area contributed by atoms with Gasteiger partial charge in [0.15, 0.2) is 22.7 Å². The van der Waals surface area contributed by atoms with Crippen LogP contribution in [0.5, 0.6) is 11.5 Å². The monoisotopic (exact) mass is 870 g/mol. The zero-order chi connectivity index (χ0) is 43.8. The van der Waals surface area contributed by atoms with Crippen LogP contribution in [0.4, 0.5) is 22.9 Å². The lowest BCUT2D eigenvalue weighted by Crippen LogP contribution is -2.49. The number of nitrogens with zero attached hydrogens (tertiary/aromatic N) is 4. The number of carbonyl (C=O) groups is 4. The molecule has 0 aliphatic carbocycles. The molecular weight excluding hydrogens is 825 g/mol. The number of aryl methyl sites for hydroxylation is 2. The number of thiol groups is 1. The van der Waals surface area contributed by atoms with Crippen molar-refractivity contribution in [3.8, 4) is 22.6 Å². The van der Waals surface area contributed by atoms with E-state index in [1.807, 2.05) is 38.2 Å². The van der Waals surface area contributed by atoms with E-state index in [2.05, 4.69) is 38.9 Å². The summed E-state index contributed by atoms with van der Waals surface area (Å²) >= 11 is 4.46. The molecule has 1 unspecified atom stereocenters. The maximum absolute atomic E-state index is 13.9. The number of benzene rings is 3. The Kier molecular flexibility index (Phi) is 11.9. The van der Waals surface area contributed by atoms with E-state index < -0.39 is 33.3 Å². The van der Waals surface area contributed by atoms with E-state index in [1.54, 1.807) is 55.1 Å². The van der Waals surface area contributed by atoms with Crippen LogP contribution in [-0.4, -0.2) is 87.1 Å². The van der Waals surface area contributed by atoms with Crippen LogP contribution in [0.2, 0.25) is 0 Å². The molecule has 5 N–H and O–H groups in total. The quantitative estimate of drug-likeness (QED) is 0.0489. The average Bonchev–Trinajstić information content (AvgIpc) is 3.88. The van der Waals surface area contributed by atoms with Crippen LogP contribution in [0.3, 0.4) is 0 Å². The third-order valence-electron chi connectivity index (χ3n) is 10.3. The Morgan fingerprint density at radius 3 is 2.41 bits per heavy atom. The largest absolute Gasteiger partial charge is 0.493 e. The predicted octanol–water partition coefficient (Wildman–Crippen LogP) is 5.13. The highest BCUT2D eigenvalue weighted by Crippen LogP contribution is 2.43. The number of carbonyl (C=O) groups excluding carboxylic acids is 4. The van der Waals surface area contributed by atoms with Crippen molar-refractivity contribution in [3.63, 3.8) is 0 Å². The first-order chi connectivity index (χ1) is 28.9. The molecule has 320 valence electrons. The lowest BCUT2D eigenvalue weighted by molar-refractivity contribution is -0.116. The fourth-order valence-electron chi connectivity index (χ4n) is 7.32. The second-order valence-electron chi connectivity index (χ2n) is 15.5. The highest BCUT2D eigenvalue weighted by molar-refractivity contribution is 7.86. The number of amides is 4. The molecule has 5 aromatic rings. The summed E-state index contributed by atoms with van der Waals surface area (Å²) < 4.78 is 49.8. The van der Waals surface area contributed by atoms with Gasteiger partial charge in [0.25, 0.3) is 27.8 Å². The number of para-hydroxylation sites is 1. The highest BCUT2D eigenvalue weighted by atomic mass is 32.2. The molecule has 19 heteroatoms. The van der Waals surface area contributed by atoms with Gasteiger partial charge in [0.2, 0.25) is 11.7 Å². The van der Waals surface area contributed by atoms with E-state index >= 15 is 0 Å². The van der Waals surface area contributed by atoms with Crippen LogP contribution in [0.1, 0.15) is 63.7 Å². The number of hydrogen-bond acceptors (Lipinski definition) is 11. The Hall–Kier alpha value is -6.31. The number of fused-ring (bicyclic) bond motifs is 4. The number of aromatic nitrogens is 3. The van der Waals surface area contributed by atoms with E-state index in [4.69, 9.17) is 9.47 Å². The van der Waals surface area contributed by atoms with E-state index in [9.17, 15) is 32.1 Å². The van der Waals surface area contributed by atoms with Gasteiger partial charge in [-0.05, 0) is 68.1 Å². The summed E-state index contributed by atoms with van der Waals surface area (Å²) in [6.45, 7) is 4.29. The molecule has 0 radical (unpaired) electrons. The summed E-state index contributed by atoms with van der Waals surface area (Å²) in [5.41, 5.74) is 4.31. The molecule has 0 saturated heterocycles. The predicted molar refractivity (Wildman–Crippen MR) is 233 cm³/mol. The molecule has 0 saturated carbocycles. The molecule has 17 nitrogen and oxygen atoms in total. The Balaban J connectivity index is 0.933. The normalized spacial score (nSPS) is 15.8. The van der Waals surface area contributed by atoms with Crippen LogP contribution in [-0.2, 0) is 35.4 Å². The fraction of sp³-hybridized carbons (Fsp3) is 0.310. The number of nitrogens with one attached hydrogen (secondary N) is 4. The fourth-order valence-corrected chi connectivity index (χ4v) is 8.29. The molecule has 0 bridgehead atoms. The standard InChI is InChI=1S/C42H46N8O9S2/c1-42(2,60)23-43-38(52)31-18-26(21-48(31)3)24-12-14-27(15-13-24)44-39(53)37-47-35(22-49(37)4)46-36(51)11-8-16-59-34-20-29-28(19-33(34)58-5)41(54)50-30-10-7-6-9-25(30)17-32(50)40(45-29)61(55,56)57/h6-7,9-10,12-15,18-22,32,40,45,60H,8,11,16-17,23H2,1-5H3,(H,43,52)(H,44,53)(H,46,51)(H,55,56,57)/t32-,40?/m0/s1. The van der Waals surface area contributed by atoms with Crippen molar-refractivity contribution in [2.45, 2.75) is 49.3 Å². The van der Waals surface area contributed by atoms with E-state index in [-0.39, 0.29) is 76.8 Å². The van der Waals surface area contributed by atoms with Crippen molar-refractivity contribution in [1.29, 1.82) is 0 Å². The Labute approximate surface area is 358 Å². The first-order valence-corrected chi connectivity index (χ1v) is 21.3. The molecular formula is C42H46N8O9S2. The van der Waals surface area contributed by atoms with Gasteiger partial charge in [-0.3, -0.25) is 23.7 Å². The Bertz CT molecular complexity index is 2630. The van der Waals surface area contributed by atoms with Gasteiger partial charge in [0, 0.05) is 67.2 Å². The number of ether oxygens (including phenoxy) is 2. The Morgan fingerprint density at radius 1 is 0.967 bits per heavy atom. The topological polar surface area (TPSA) is 215 Å². The van der Waals surface area contributed by atoms with Crippen molar-refractivity contribution >= 4 is 69.3 Å². The van der Waals surface area contributed by atoms with Gasteiger partial charge in [-0.1, -0.05) is 30.3 Å². The third kappa shape index (κ3) is 9.38. The molecule has 4 heterocycles. The summed E-state index contributed by atoms with van der Waals surface area (Å²) in [5, 5.41) is 9.75. The van der Waals surface area contributed by atoms with Gasteiger partial charge in [-0.25, -0.2) is 4.98 Å². The molecule has 4 amide bonds. The molecule has 0 spiro atoms. The van der Waals surface area contributed by atoms with E-state index in [1.165, 1.54) is 34.9 Å². The second-order valence-corrected chi connectivity index (χ2v) is 18.3. The number of imidazole rings is 1. The third-order valence-corrected chi connectivity index (χ3v) is 11.5. The second kappa shape index (κ2) is 17.0. The van der Waals surface area contributed by atoms with Crippen molar-refractivity contribution in [1.82, 2.24) is 19.4 Å². The van der Waals surface area contributed by atoms with E-state index in [0.717, 1.165) is 16.7 Å². The number of methoxy groups -OCH3 is 1. The molecule has 2 aromatic heterocycles. The molecule has 61 heavy (non-hydrogen) atoms. The van der Waals surface area contributed by atoms with Gasteiger partial charge in [-0.2, -0.15) is 21.0 Å². The number of anilines is 4. The lowest BCUT2D eigenvalue weighted by atomic mass is 10.1. The van der Waals surface area contributed by atoms with Crippen molar-refractivity contribution in [2.75, 3.05) is 41.1 Å². The van der Waals surface area contributed by atoms with Gasteiger partial charge in [0.1, 0.15) is 5.69 Å². The summed E-state index contributed by atoms with van der Waals surface area (Å²) in [6, 6.07) is 18.0. The summed E-state index contributed by atoms with van der Waals surface area (Å²) in [5.74, 6) is -0.899. The SMILES string of the molecule is COc1cc2c(cc1OCCCC(=O)Nc1cn(C)c(C(=O)Nc3ccc(-c4cc(C(=O)NCC(C)(C)S)n(C)c4)cc3)n1)NC(S(=O)(=O)O)[C@@H]1Cc3ccccc3N1C2=O. The zero-order valence-corrected chi connectivity index (χ0v) is 35.8. The van der Waals surface area contributed by atoms with Crippen LogP contribution in [0.15, 0.2) is 79.1 Å². The summed E-state index contributed by atoms with van der Waals surface area (Å²) in [4.78, 5) is 58.4. The molecule has 2 aliphatic rings. The van der Waals surface area contributed by atoms with Crippen LogP contribution in [0, 0.1) is 0 Å². The lowest BCUT2D eigenvalue weighted by Gasteiger charge is -2.27. The number of hydrogen-bond donors (Lipinski definition) is 6. The van der Waals surface area contributed by atoms with Crippen molar-refractivity contribution in [2.24, 2.45) is 14.1 Å². The maximum Gasteiger partial charge on any atom is 0.291 e. The molecule has 2 atom stereocenters. The number of rotatable bonds is 14. The van der Waals surface area contributed by atoms with Gasteiger partial charge in [0.05, 0.1) is 31.0 Å². The summed E-state index contributed by atoms with van der Waals surface area (Å²) in [7, 11) is 0.160. The zero-order valence-electron chi connectivity index (χ0n) is 34.1. The first-order valence-electron chi connectivity index (χ1n) is 19.3. The summed E-state index contributed by atoms with van der Waals surface area (Å²) in [6.07, 6.45) is 3.87. The molecule has 7 rings (SSSR count). The minimum Gasteiger partial charge on any atom is -0.493 e. The van der Waals surface area contributed by atoms with E-state index in [0.29, 0.717) is 23.6 Å².